The summed E-state index contributed by atoms with van der Waals surface area (Å²) in [4.78, 5) is 0. The molecule has 2 heteroatoms. The summed E-state index contributed by atoms with van der Waals surface area (Å²) in [7, 11) is 0. The van der Waals surface area contributed by atoms with E-state index in [1.807, 2.05) is 6.08 Å². The van der Waals surface area contributed by atoms with Crippen molar-refractivity contribution in [2.45, 2.75) is 6.42 Å². The summed E-state index contributed by atoms with van der Waals surface area (Å²) in [6.45, 7) is 0.160. The van der Waals surface area contributed by atoms with Gasteiger partial charge in [-0.05, 0) is 6.42 Å². The van der Waals surface area contributed by atoms with Gasteiger partial charge < -0.3 is 5.11 Å². The average Bonchev–Trinajstić information content (AvgIpc) is 1.69. The van der Waals surface area contributed by atoms with Gasteiger partial charge in [0.1, 0.15) is 0 Å². The van der Waals surface area contributed by atoms with Crippen molar-refractivity contribution in [2.75, 3.05) is 11.9 Å². The van der Waals surface area contributed by atoms with Crippen LogP contribution in [0.4, 0.5) is 0 Å². The van der Waals surface area contributed by atoms with Crippen LogP contribution in [-0.4, -0.2) is 17.0 Å². The van der Waals surface area contributed by atoms with E-state index < -0.39 is 0 Å². The van der Waals surface area contributed by atoms with Crippen molar-refractivity contribution in [1.82, 2.24) is 0 Å². The smallest absolute Gasteiger partial charge is 0.0612 e. The van der Waals surface area contributed by atoms with Crippen LogP contribution >= 0.6 is 15.9 Å². The van der Waals surface area contributed by atoms with Gasteiger partial charge in [-0.15, -0.1) is 0 Å². The molecule has 0 bridgehead atoms. The Morgan fingerprint density at radius 3 is 2.57 bits per heavy atom. The summed E-state index contributed by atoms with van der Waals surface area (Å²) in [5, 5.41) is 9.17. The maximum absolute atomic E-state index is 8.19. The monoisotopic (exact) mass is 164 g/mol. The number of allylic oxidation sites excluding steroid dienone is 1. The summed E-state index contributed by atoms with van der Waals surface area (Å²) in [6.07, 6.45) is 4.68. The Balaban J connectivity index is 2.78. The fourth-order valence-corrected chi connectivity index (χ4v) is 0.520. The Kier molecular flexibility index (Phi) is 6.34. The minimum absolute atomic E-state index is 0.160. The molecule has 0 aromatic heterocycles. The van der Waals surface area contributed by atoms with Crippen molar-refractivity contribution in [3.8, 4) is 0 Å². The topological polar surface area (TPSA) is 20.2 Å². The third-order valence-electron chi connectivity index (χ3n) is 0.548. The maximum atomic E-state index is 8.19. The predicted octanol–water partition coefficient (Wildman–Crippen LogP) is 1.32. The molecule has 0 aromatic rings. The van der Waals surface area contributed by atoms with Crippen LogP contribution in [0.2, 0.25) is 0 Å². The molecule has 0 heterocycles. The Bertz CT molecular complexity index is 52.0. The Morgan fingerprint density at radius 1 is 1.43 bits per heavy atom. The predicted molar refractivity (Wildman–Crippen MR) is 34.6 cm³/mol. The molecule has 0 rings (SSSR count). The van der Waals surface area contributed by atoms with Crippen molar-refractivity contribution in [2.24, 2.45) is 0 Å². The summed E-state index contributed by atoms with van der Waals surface area (Å²) < 4.78 is 0. The van der Waals surface area contributed by atoms with Crippen LogP contribution in [-0.2, 0) is 0 Å². The first-order chi connectivity index (χ1) is 3.41. The van der Waals surface area contributed by atoms with Gasteiger partial charge in [0.05, 0.1) is 6.61 Å². The van der Waals surface area contributed by atoms with Crippen LogP contribution in [0.3, 0.4) is 0 Å². The molecule has 0 fully saturated rings. The van der Waals surface area contributed by atoms with Crippen LogP contribution < -0.4 is 0 Å². The Labute approximate surface area is 52.2 Å². The van der Waals surface area contributed by atoms with E-state index in [0.717, 1.165) is 11.8 Å². The van der Waals surface area contributed by atoms with Gasteiger partial charge >= 0.3 is 0 Å². The van der Waals surface area contributed by atoms with Crippen LogP contribution in [0, 0.1) is 0 Å². The molecule has 0 atom stereocenters. The third kappa shape index (κ3) is 6.18. The molecule has 0 saturated heterocycles. The first-order valence-corrected chi connectivity index (χ1v) is 3.35. The summed E-state index contributed by atoms with van der Waals surface area (Å²) in [6, 6.07) is 0. The van der Waals surface area contributed by atoms with E-state index in [1.54, 1.807) is 6.08 Å². The maximum Gasteiger partial charge on any atom is 0.0612 e. The molecule has 0 aliphatic carbocycles. The van der Waals surface area contributed by atoms with Gasteiger partial charge in [0.25, 0.3) is 0 Å². The van der Waals surface area contributed by atoms with E-state index in [2.05, 4.69) is 15.9 Å². The first kappa shape index (κ1) is 7.18. The van der Waals surface area contributed by atoms with Crippen LogP contribution in [0.5, 0.6) is 0 Å². The standard InChI is InChI=1S/C5H9BrO/c6-4-2-1-3-5-7/h1,3,7H,2,4-5H2. The molecule has 0 aliphatic rings. The van der Waals surface area contributed by atoms with Crippen molar-refractivity contribution < 1.29 is 5.11 Å². The summed E-state index contributed by atoms with van der Waals surface area (Å²) in [5.74, 6) is 0. The number of rotatable bonds is 3. The SMILES string of the molecule is OCC=CCCBr. The Hall–Kier alpha value is 0.180. The number of aliphatic hydroxyl groups is 1. The van der Waals surface area contributed by atoms with E-state index in [1.165, 1.54) is 0 Å². The minimum atomic E-state index is 0.160. The number of halogens is 1. The molecular weight excluding hydrogens is 156 g/mol. The minimum Gasteiger partial charge on any atom is -0.392 e. The van der Waals surface area contributed by atoms with Gasteiger partial charge in [0.2, 0.25) is 0 Å². The van der Waals surface area contributed by atoms with Crippen molar-refractivity contribution >= 4 is 15.9 Å². The molecule has 0 radical (unpaired) electrons. The molecule has 0 saturated carbocycles. The van der Waals surface area contributed by atoms with Crippen molar-refractivity contribution in [3.05, 3.63) is 12.2 Å². The number of hydrogen-bond donors (Lipinski definition) is 1. The molecular formula is C5H9BrO. The first-order valence-electron chi connectivity index (χ1n) is 2.23. The van der Waals surface area contributed by atoms with Crippen LogP contribution in [0.25, 0.3) is 0 Å². The number of hydrogen-bond acceptors (Lipinski definition) is 1. The highest BCUT2D eigenvalue weighted by Gasteiger charge is 1.69. The summed E-state index contributed by atoms with van der Waals surface area (Å²) >= 11 is 3.25. The zero-order valence-corrected chi connectivity index (χ0v) is 5.69. The normalized spacial score (nSPS) is 10.6. The zero-order chi connectivity index (χ0) is 5.54. The molecule has 0 amide bonds. The van der Waals surface area contributed by atoms with Gasteiger partial charge in [0, 0.05) is 5.33 Å². The lowest BCUT2D eigenvalue weighted by atomic mass is 10.4. The second-order valence-corrected chi connectivity index (χ2v) is 1.92. The van der Waals surface area contributed by atoms with Gasteiger partial charge in [-0.3, -0.25) is 0 Å². The highest BCUT2D eigenvalue weighted by molar-refractivity contribution is 9.09. The zero-order valence-electron chi connectivity index (χ0n) is 4.10. The average molecular weight is 165 g/mol. The molecule has 0 spiro atoms. The lowest BCUT2D eigenvalue weighted by molar-refractivity contribution is 0.342. The van der Waals surface area contributed by atoms with Gasteiger partial charge in [0.15, 0.2) is 0 Å². The molecule has 7 heavy (non-hydrogen) atoms. The Morgan fingerprint density at radius 2 is 2.14 bits per heavy atom. The van der Waals surface area contributed by atoms with E-state index in [9.17, 15) is 0 Å². The molecule has 0 aromatic carbocycles. The van der Waals surface area contributed by atoms with E-state index in [0.29, 0.717) is 0 Å². The van der Waals surface area contributed by atoms with Gasteiger partial charge in [-0.2, -0.15) is 0 Å². The van der Waals surface area contributed by atoms with E-state index in [4.69, 9.17) is 5.11 Å². The molecule has 1 N–H and O–H groups in total. The lowest BCUT2D eigenvalue weighted by Crippen LogP contribution is -1.71. The van der Waals surface area contributed by atoms with Crippen LogP contribution in [0.15, 0.2) is 12.2 Å². The molecule has 0 unspecified atom stereocenters. The highest BCUT2D eigenvalue weighted by Crippen LogP contribution is 1.87. The second-order valence-electron chi connectivity index (χ2n) is 1.13. The van der Waals surface area contributed by atoms with Crippen molar-refractivity contribution in [1.29, 1.82) is 0 Å². The molecule has 42 valence electrons. The van der Waals surface area contributed by atoms with E-state index in [-0.39, 0.29) is 6.61 Å². The highest BCUT2D eigenvalue weighted by atomic mass is 79.9. The number of alkyl halides is 1. The van der Waals surface area contributed by atoms with Gasteiger partial charge in [-0.1, -0.05) is 28.1 Å². The van der Waals surface area contributed by atoms with Crippen molar-refractivity contribution in [3.63, 3.8) is 0 Å². The fourth-order valence-electron chi connectivity index (χ4n) is 0.255. The largest absolute Gasteiger partial charge is 0.392 e. The van der Waals surface area contributed by atoms with E-state index >= 15 is 0 Å². The quantitative estimate of drug-likeness (QED) is 0.493. The molecule has 0 aliphatic heterocycles. The van der Waals surface area contributed by atoms with Gasteiger partial charge in [-0.25, -0.2) is 0 Å². The second kappa shape index (κ2) is 6.18. The third-order valence-corrected chi connectivity index (χ3v) is 1.01. The molecule has 1 nitrogen and oxygen atoms in total. The lowest BCUT2D eigenvalue weighted by Gasteiger charge is -1.78. The van der Waals surface area contributed by atoms with Crippen LogP contribution in [0.1, 0.15) is 6.42 Å². The summed E-state index contributed by atoms with van der Waals surface area (Å²) in [5.41, 5.74) is 0. The fraction of sp³-hybridized carbons (Fsp3) is 0.600. The number of aliphatic hydroxyl groups excluding tert-OH is 1.